The van der Waals surface area contributed by atoms with Crippen LogP contribution in [0.4, 0.5) is 4.39 Å². The molecule has 0 aliphatic rings. The molecule has 0 aliphatic heterocycles. The van der Waals surface area contributed by atoms with E-state index in [1.54, 1.807) is 30.3 Å². The Kier molecular flexibility index (Phi) is 3.85. The Balaban J connectivity index is 2.12. The molecule has 0 fully saturated rings. The van der Waals surface area contributed by atoms with E-state index in [-0.39, 0.29) is 18.0 Å². The van der Waals surface area contributed by atoms with Gasteiger partial charge in [0.25, 0.3) is 0 Å². The van der Waals surface area contributed by atoms with Crippen molar-refractivity contribution in [2.45, 2.75) is 12.5 Å². The van der Waals surface area contributed by atoms with Gasteiger partial charge in [-0.2, -0.15) is 0 Å². The summed E-state index contributed by atoms with van der Waals surface area (Å²) >= 11 is 0. The Bertz CT molecular complexity index is 539. The summed E-state index contributed by atoms with van der Waals surface area (Å²) in [4.78, 5) is 12.0. The van der Waals surface area contributed by atoms with Crippen molar-refractivity contribution in [3.63, 3.8) is 0 Å². The van der Waals surface area contributed by atoms with Crippen LogP contribution < -0.4 is 5.73 Å². The minimum atomic E-state index is -0.703. The second kappa shape index (κ2) is 5.56. The molecule has 2 rings (SSSR count). The second-order valence-electron chi connectivity index (χ2n) is 4.12. The van der Waals surface area contributed by atoms with E-state index in [0.717, 1.165) is 5.56 Å². The van der Waals surface area contributed by atoms with Gasteiger partial charge in [0.15, 0.2) is 5.78 Å². The molecule has 92 valence electrons. The molecule has 2 aromatic carbocycles. The highest BCUT2D eigenvalue weighted by atomic mass is 19.1. The summed E-state index contributed by atoms with van der Waals surface area (Å²) < 4.78 is 13.4. The standard InChI is InChI=1S/C15H14FNO/c16-13-9-5-4-8-12(13)10-14(18)15(17)11-6-2-1-3-7-11/h1-9,15H,10,17H2. The van der Waals surface area contributed by atoms with Gasteiger partial charge >= 0.3 is 0 Å². The van der Waals surface area contributed by atoms with Gasteiger partial charge in [0, 0.05) is 6.42 Å². The van der Waals surface area contributed by atoms with Crippen molar-refractivity contribution in [1.29, 1.82) is 0 Å². The first-order valence-electron chi connectivity index (χ1n) is 5.75. The lowest BCUT2D eigenvalue weighted by atomic mass is 9.98. The Hall–Kier alpha value is -2.00. The van der Waals surface area contributed by atoms with Crippen LogP contribution in [0.3, 0.4) is 0 Å². The largest absolute Gasteiger partial charge is 0.318 e. The predicted molar refractivity (Wildman–Crippen MR) is 68.5 cm³/mol. The molecule has 1 atom stereocenters. The third-order valence-electron chi connectivity index (χ3n) is 2.83. The molecule has 0 amide bonds. The average molecular weight is 243 g/mol. The first-order chi connectivity index (χ1) is 8.68. The number of hydrogen-bond donors (Lipinski definition) is 1. The molecule has 1 unspecified atom stereocenters. The minimum absolute atomic E-state index is 0.0166. The number of Topliss-reactive ketones (excluding diaryl/α,β-unsaturated/α-hetero) is 1. The van der Waals surface area contributed by atoms with Gasteiger partial charge in [-0.15, -0.1) is 0 Å². The Morgan fingerprint density at radius 2 is 1.67 bits per heavy atom. The molecular weight excluding hydrogens is 229 g/mol. The number of benzene rings is 2. The number of rotatable bonds is 4. The first-order valence-corrected chi connectivity index (χ1v) is 5.75. The van der Waals surface area contributed by atoms with E-state index in [0.29, 0.717) is 5.56 Å². The van der Waals surface area contributed by atoms with Gasteiger partial charge in [-0.1, -0.05) is 48.5 Å². The maximum absolute atomic E-state index is 13.4. The average Bonchev–Trinajstić information content (AvgIpc) is 2.41. The maximum Gasteiger partial charge on any atom is 0.158 e. The smallest absolute Gasteiger partial charge is 0.158 e. The Morgan fingerprint density at radius 1 is 1.06 bits per heavy atom. The molecule has 0 saturated carbocycles. The molecule has 0 spiro atoms. The van der Waals surface area contributed by atoms with Gasteiger partial charge in [-0.25, -0.2) is 4.39 Å². The molecule has 0 aromatic heterocycles. The summed E-state index contributed by atoms with van der Waals surface area (Å²) in [6.07, 6.45) is 0.0166. The molecule has 0 saturated heterocycles. The van der Waals surface area contributed by atoms with E-state index in [4.69, 9.17) is 5.73 Å². The monoisotopic (exact) mass is 243 g/mol. The van der Waals surface area contributed by atoms with Crippen LogP contribution in [0.1, 0.15) is 17.2 Å². The van der Waals surface area contributed by atoms with E-state index < -0.39 is 6.04 Å². The van der Waals surface area contributed by atoms with Gasteiger partial charge in [0.2, 0.25) is 0 Å². The van der Waals surface area contributed by atoms with Gasteiger partial charge in [-0.3, -0.25) is 4.79 Å². The van der Waals surface area contributed by atoms with E-state index in [1.165, 1.54) is 6.07 Å². The third kappa shape index (κ3) is 2.81. The molecule has 0 radical (unpaired) electrons. The quantitative estimate of drug-likeness (QED) is 0.897. The summed E-state index contributed by atoms with van der Waals surface area (Å²) in [7, 11) is 0. The third-order valence-corrected chi connectivity index (χ3v) is 2.83. The van der Waals surface area contributed by atoms with Crippen molar-refractivity contribution < 1.29 is 9.18 Å². The van der Waals surface area contributed by atoms with Crippen LogP contribution in [0.2, 0.25) is 0 Å². The molecule has 0 bridgehead atoms. The zero-order valence-corrected chi connectivity index (χ0v) is 9.84. The van der Waals surface area contributed by atoms with E-state index in [1.807, 2.05) is 18.2 Å². The summed E-state index contributed by atoms with van der Waals surface area (Å²) in [5.74, 6) is -0.558. The van der Waals surface area contributed by atoms with Crippen LogP contribution in [0.5, 0.6) is 0 Å². The molecular formula is C15H14FNO. The minimum Gasteiger partial charge on any atom is -0.318 e. The van der Waals surface area contributed by atoms with E-state index in [9.17, 15) is 9.18 Å². The lowest BCUT2D eigenvalue weighted by molar-refractivity contribution is -0.119. The highest BCUT2D eigenvalue weighted by Gasteiger charge is 2.17. The van der Waals surface area contributed by atoms with Crippen molar-refractivity contribution in [1.82, 2.24) is 0 Å². The fraction of sp³-hybridized carbons (Fsp3) is 0.133. The predicted octanol–water partition coefficient (Wildman–Crippen LogP) is 2.64. The van der Waals surface area contributed by atoms with Crippen molar-refractivity contribution in [2.75, 3.05) is 0 Å². The fourth-order valence-electron chi connectivity index (χ4n) is 1.79. The Labute approximate surface area is 105 Å². The summed E-state index contributed by atoms with van der Waals surface area (Å²) in [5.41, 5.74) is 7.00. The van der Waals surface area contributed by atoms with E-state index in [2.05, 4.69) is 0 Å². The number of hydrogen-bond acceptors (Lipinski definition) is 2. The second-order valence-corrected chi connectivity index (χ2v) is 4.12. The molecule has 0 heterocycles. The number of ketones is 1. The lowest BCUT2D eigenvalue weighted by Gasteiger charge is -2.11. The first kappa shape index (κ1) is 12.5. The summed E-state index contributed by atoms with van der Waals surface area (Å²) in [5, 5.41) is 0. The molecule has 2 N–H and O–H groups in total. The van der Waals surface area contributed by atoms with Crippen LogP contribution in [-0.2, 0) is 11.2 Å². The van der Waals surface area contributed by atoms with Crippen molar-refractivity contribution in [3.8, 4) is 0 Å². The molecule has 18 heavy (non-hydrogen) atoms. The normalized spacial score (nSPS) is 12.1. The van der Waals surface area contributed by atoms with Crippen molar-refractivity contribution >= 4 is 5.78 Å². The van der Waals surface area contributed by atoms with Crippen molar-refractivity contribution in [2.24, 2.45) is 5.73 Å². The number of carbonyl (C=O) groups is 1. The van der Waals surface area contributed by atoms with E-state index >= 15 is 0 Å². The van der Waals surface area contributed by atoms with Crippen LogP contribution in [0.15, 0.2) is 54.6 Å². The highest BCUT2D eigenvalue weighted by molar-refractivity contribution is 5.87. The number of halogens is 1. The lowest BCUT2D eigenvalue weighted by Crippen LogP contribution is -2.23. The van der Waals surface area contributed by atoms with Crippen LogP contribution in [-0.4, -0.2) is 5.78 Å². The van der Waals surface area contributed by atoms with Crippen LogP contribution in [0.25, 0.3) is 0 Å². The molecule has 2 nitrogen and oxygen atoms in total. The molecule has 2 aromatic rings. The van der Waals surface area contributed by atoms with Gasteiger partial charge in [0.05, 0.1) is 6.04 Å². The maximum atomic E-state index is 13.4. The van der Waals surface area contributed by atoms with Gasteiger partial charge in [-0.05, 0) is 17.2 Å². The van der Waals surface area contributed by atoms with Crippen LogP contribution in [0, 0.1) is 5.82 Å². The number of nitrogens with two attached hydrogens (primary N) is 1. The summed E-state index contributed by atoms with van der Waals surface area (Å²) in [6, 6.07) is 14.6. The highest BCUT2D eigenvalue weighted by Crippen LogP contribution is 2.15. The summed E-state index contributed by atoms with van der Waals surface area (Å²) in [6.45, 7) is 0. The van der Waals surface area contributed by atoms with Gasteiger partial charge < -0.3 is 5.73 Å². The zero-order valence-electron chi connectivity index (χ0n) is 9.84. The SMILES string of the molecule is NC(C(=O)Cc1ccccc1F)c1ccccc1. The molecule has 3 heteroatoms. The topological polar surface area (TPSA) is 43.1 Å². The zero-order chi connectivity index (χ0) is 13.0. The van der Waals surface area contributed by atoms with Crippen molar-refractivity contribution in [3.05, 3.63) is 71.5 Å². The Morgan fingerprint density at radius 3 is 2.33 bits per heavy atom. The number of carbonyl (C=O) groups excluding carboxylic acids is 1. The van der Waals surface area contributed by atoms with Gasteiger partial charge in [0.1, 0.15) is 5.82 Å². The van der Waals surface area contributed by atoms with Crippen LogP contribution >= 0.6 is 0 Å². The molecule has 0 aliphatic carbocycles. The fourth-order valence-corrected chi connectivity index (χ4v) is 1.79.